The van der Waals surface area contributed by atoms with E-state index in [9.17, 15) is 0 Å². The Balaban J connectivity index is 2.48. The highest BCUT2D eigenvalue weighted by molar-refractivity contribution is 14.1. The molecule has 1 aliphatic rings. The van der Waals surface area contributed by atoms with Crippen LogP contribution in [0.3, 0.4) is 0 Å². The van der Waals surface area contributed by atoms with Gasteiger partial charge in [-0.15, -0.1) is 0 Å². The van der Waals surface area contributed by atoms with Gasteiger partial charge < -0.3 is 4.74 Å². The first-order valence-electron chi connectivity index (χ1n) is 3.58. The van der Waals surface area contributed by atoms with Crippen LogP contribution in [0, 0.1) is 10.5 Å². The van der Waals surface area contributed by atoms with E-state index in [1.54, 1.807) is 0 Å². The minimum absolute atomic E-state index is 0.284. The van der Waals surface area contributed by atoms with Gasteiger partial charge in [-0.2, -0.15) is 5.10 Å². The van der Waals surface area contributed by atoms with E-state index in [0.717, 1.165) is 21.7 Å². The largest absolute Gasteiger partial charge is 0.472 e. The van der Waals surface area contributed by atoms with E-state index >= 15 is 0 Å². The highest BCUT2D eigenvalue weighted by Gasteiger charge is 2.24. The number of rotatable bonds is 0. The molecule has 1 aliphatic heterocycles. The molecule has 0 N–H and O–H groups in total. The summed E-state index contributed by atoms with van der Waals surface area (Å²) in [5.41, 5.74) is 1.06. The van der Waals surface area contributed by atoms with Crippen molar-refractivity contribution in [1.29, 1.82) is 0 Å². The number of halogens is 1. The van der Waals surface area contributed by atoms with E-state index < -0.39 is 0 Å². The van der Waals surface area contributed by atoms with Crippen molar-refractivity contribution in [1.82, 2.24) is 9.78 Å². The number of ether oxygens (including phenoxy) is 1. The van der Waals surface area contributed by atoms with Crippen molar-refractivity contribution < 1.29 is 4.74 Å². The first-order chi connectivity index (χ1) is 5.18. The maximum atomic E-state index is 5.55. The minimum Gasteiger partial charge on any atom is -0.472 e. The van der Waals surface area contributed by atoms with Gasteiger partial charge in [0.15, 0.2) is 0 Å². The summed E-state index contributed by atoms with van der Waals surface area (Å²) in [6, 6.07) is 0. The summed E-state index contributed by atoms with van der Waals surface area (Å²) >= 11 is 2.27. The Bertz CT molecular complexity index is 295. The number of aromatic nitrogens is 2. The summed E-state index contributed by atoms with van der Waals surface area (Å²) < 4.78 is 8.63. The van der Waals surface area contributed by atoms with Crippen LogP contribution in [0.4, 0.5) is 0 Å². The lowest BCUT2D eigenvalue weighted by Crippen LogP contribution is -2.09. The van der Waals surface area contributed by atoms with Gasteiger partial charge in [-0.1, -0.05) is 0 Å². The molecule has 0 radical (unpaired) electrons. The van der Waals surface area contributed by atoms with Gasteiger partial charge in [0, 0.05) is 0 Å². The van der Waals surface area contributed by atoms with Crippen LogP contribution >= 0.6 is 22.6 Å². The summed E-state index contributed by atoms with van der Waals surface area (Å²) in [6.45, 7) is 4.94. The topological polar surface area (TPSA) is 27.1 Å². The normalized spacial score (nSPS) is 21.5. The zero-order chi connectivity index (χ0) is 8.01. The average Bonchev–Trinajstić information content (AvgIpc) is 2.37. The monoisotopic (exact) mass is 264 g/mol. The number of nitrogens with zero attached hydrogens (tertiary/aromatic N) is 2. The van der Waals surface area contributed by atoms with Gasteiger partial charge >= 0.3 is 0 Å². The Kier molecular flexibility index (Phi) is 1.59. The molecular weight excluding hydrogens is 255 g/mol. The van der Waals surface area contributed by atoms with Crippen LogP contribution < -0.4 is 4.74 Å². The van der Waals surface area contributed by atoms with Crippen LogP contribution in [-0.2, 0) is 6.54 Å². The van der Waals surface area contributed by atoms with Crippen molar-refractivity contribution in [2.75, 3.05) is 0 Å². The van der Waals surface area contributed by atoms with E-state index in [1.165, 1.54) is 0 Å². The van der Waals surface area contributed by atoms with Crippen molar-refractivity contribution in [3.8, 4) is 5.88 Å². The van der Waals surface area contributed by atoms with E-state index in [1.807, 2.05) is 11.6 Å². The molecule has 0 saturated carbocycles. The summed E-state index contributed by atoms with van der Waals surface area (Å²) in [6.07, 6.45) is 0.284. The van der Waals surface area contributed by atoms with Crippen molar-refractivity contribution in [3.63, 3.8) is 0 Å². The molecule has 0 fully saturated rings. The molecule has 0 aromatic carbocycles. The molecule has 1 aromatic rings. The number of aryl methyl sites for hydroxylation is 1. The fourth-order valence-electron chi connectivity index (χ4n) is 1.25. The fraction of sp³-hybridized carbons (Fsp3) is 0.571. The second-order valence-electron chi connectivity index (χ2n) is 2.82. The molecule has 0 saturated heterocycles. The standard InChI is InChI=1S/C7H9IN2O/c1-4-3-10-7(11-4)6(8)5(2)9-10/h4H,3H2,1-2H3. The lowest BCUT2D eigenvalue weighted by molar-refractivity contribution is 0.251. The van der Waals surface area contributed by atoms with Crippen LogP contribution in [0.15, 0.2) is 0 Å². The third-order valence-corrected chi connectivity index (χ3v) is 3.00. The number of fused-ring (bicyclic) bond motifs is 1. The highest BCUT2D eigenvalue weighted by Crippen LogP contribution is 2.29. The highest BCUT2D eigenvalue weighted by atomic mass is 127. The van der Waals surface area contributed by atoms with E-state index in [2.05, 4.69) is 34.6 Å². The van der Waals surface area contributed by atoms with Crippen LogP contribution in [-0.4, -0.2) is 15.9 Å². The SMILES string of the molecule is Cc1nn2c(c1I)OC(C)C2. The molecule has 4 heteroatoms. The molecule has 2 heterocycles. The Labute approximate surface area is 78.9 Å². The smallest absolute Gasteiger partial charge is 0.226 e. The molecule has 1 unspecified atom stereocenters. The molecule has 1 atom stereocenters. The fourth-order valence-corrected chi connectivity index (χ4v) is 1.76. The molecule has 0 aliphatic carbocycles. The molecule has 1 aromatic heterocycles. The van der Waals surface area contributed by atoms with Crippen molar-refractivity contribution >= 4 is 22.6 Å². The Morgan fingerprint density at radius 2 is 2.45 bits per heavy atom. The lowest BCUT2D eigenvalue weighted by atomic mass is 10.4. The quantitative estimate of drug-likeness (QED) is 0.665. The van der Waals surface area contributed by atoms with Gasteiger partial charge in [-0.25, -0.2) is 4.68 Å². The summed E-state index contributed by atoms with van der Waals surface area (Å²) in [5.74, 6) is 0.940. The second-order valence-corrected chi connectivity index (χ2v) is 3.89. The second kappa shape index (κ2) is 2.36. The maximum absolute atomic E-state index is 5.55. The van der Waals surface area contributed by atoms with E-state index in [4.69, 9.17) is 4.74 Å². The van der Waals surface area contributed by atoms with Crippen LogP contribution in [0.25, 0.3) is 0 Å². The molecule has 0 amide bonds. The summed E-state index contributed by atoms with van der Waals surface area (Å²) in [7, 11) is 0. The first kappa shape index (κ1) is 7.39. The predicted octanol–water partition coefficient (Wildman–Crippen LogP) is 1.58. The number of hydrogen-bond donors (Lipinski definition) is 0. The third-order valence-electron chi connectivity index (χ3n) is 1.75. The Hall–Kier alpha value is -0.260. The van der Waals surface area contributed by atoms with E-state index in [-0.39, 0.29) is 6.10 Å². The third kappa shape index (κ3) is 1.04. The van der Waals surface area contributed by atoms with Crippen LogP contribution in [0.1, 0.15) is 12.6 Å². The van der Waals surface area contributed by atoms with Gasteiger partial charge in [-0.3, -0.25) is 0 Å². The Morgan fingerprint density at radius 1 is 1.73 bits per heavy atom. The zero-order valence-electron chi connectivity index (χ0n) is 6.47. The Morgan fingerprint density at radius 3 is 3.09 bits per heavy atom. The zero-order valence-corrected chi connectivity index (χ0v) is 8.62. The van der Waals surface area contributed by atoms with Gasteiger partial charge in [0.05, 0.1) is 15.8 Å². The van der Waals surface area contributed by atoms with Crippen molar-refractivity contribution in [2.24, 2.45) is 0 Å². The van der Waals surface area contributed by atoms with Gasteiger partial charge in [0.1, 0.15) is 6.10 Å². The lowest BCUT2D eigenvalue weighted by Gasteiger charge is -2.00. The molecule has 60 valence electrons. The summed E-state index contributed by atoms with van der Waals surface area (Å²) in [4.78, 5) is 0. The first-order valence-corrected chi connectivity index (χ1v) is 4.66. The molecular formula is C7H9IN2O. The molecule has 11 heavy (non-hydrogen) atoms. The van der Waals surface area contributed by atoms with Crippen LogP contribution in [0.2, 0.25) is 0 Å². The van der Waals surface area contributed by atoms with E-state index in [0.29, 0.717) is 0 Å². The molecule has 0 bridgehead atoms. The van der Waals surface area contributed by atoms with Gasteiger partial charge in [0.25, 0.3) is 0 Å². The van der Waals surface area contributed by atoms with Gasteiger partial charge in [-0.05, 0) is 36.4 Å². The minimum atomic E-state index is 0.284. The number of hydrogen-bond acceptors (Lipinski definition) is 2. The van der Waals surface area contributed by atoms with Gasteiger partial charge in [0.2, 0.25) is 5.88 Å². The maximum Gasteiger partial charge on any atom is 0.226 e. The van der Waals surface area contributed by atoms with Crippen molar-refractivity contribution in [3.05, 3.63) is 9.26 Å². The van der Waals surface area contributed by atoms with Crippen molar-refractivity contribution in [2.45, 2.75) is 26.5 Å². The molecule has 2 rings (SSSR count). The summed E-state index contributed by atoms with van der Waals surface area (Å²) in [5, 5.41) is 4.33. The average molecular weight is 264 g/mol. The van der Waals surface area contributed by atoms with Crippen LogP contribution in [0.5, 0.6) is 5.88 Å². The predicted molar refractivity (Wildman–Crippen MR) is 49.8 cm³/mol. The molecule has 0 spiro atoms. The molecule has 3 nitrogen and oxygen atoms in total.